The monoisotopic (exact) mass is 946 g/mol. The molecule has 3 heterocycles. The number of imidazole rings is 1. The Morgan fingerprint density at radius 2 is 1.72 bits per heavy atom. The number of benzene rings is 3. The Morgan fingerprint density at radius 1 is 1.00 bits per heavy atom. The number of ketones is 2. The van der Waals surface area contributed by atoms with Crippen molar-refractivity contribution in [3.8, 4) is 0 Å². The number of halogens is 2. The van der Waals surface area contributed by atoms with Crippen LogP contribution in [0.2, 0.25) is 0 Å². The number of amides is 4. The number of carbonyl (C=O) groups excluding carboxylic acids is 6. The number of aromatic nitrogens is 2. The van der Waals surface area contributed by atoms with Gasteiger partial charge in [-0.1, -0.05) is 48.5 Å². The first-order chi connectivity index (χ1) is 31.7. The third-order valence-electron chi connectivity index (χ3n) is 12.9. The molecule has 1 aromatic heterocycles. The largest absolute Gasteiger partial charge is 0.399 e. The highest BCUT2D eigenvalue weighted by Crippen LogP contribution is 2.59. The van der Waals surface area contributed by atoms with Crippen molar-refractivity contribution in [1.29, 1.82) is 0 Å². The number of fused-ring (bicyclic) bond motifs is 1. The zero-order chi connectivity index (χ0) is 48.5. The molecule has 2 aliphatic heterocycles. The number of allylic oxidation sites excluding steroid dienone is 1. The quantitative estimate of drug-likeness (QED) is 0.0438. The summed E-state index contributed by atoms with van der Waals surface area (Å²) in [5, 5.41) is 5.75. The average molecular weight is 947 g/mol. The van der Waals surface area contributed by atoms with E-state index in [9.17, 15) is 46.9 Å². The van der Waals surface area contributed by atoms with Gasteiger partial charge in [-0.3, -0.25) is 47.4 Å². The Kier molecular flexibility index (Phi) is 14.3. The van der Waals surface area contributed by atoms with Crippen molar-refractivity contribution in [1.82, 2.24) is 19.8 Å². The summed E-state index contributed by atoms with van der Waals surface area (Å²) in [6, 6.07) is 11.8. The van der Waals surface area contributed by atoms with Gasteiger partial charge in [-0.25, -0.2) is 4.79 Å². The van der Waals surface area contributed by atoms with Crippen LogP contribution in [0.5, 0.6) is 0 Å². The van der Waals surface area contributed by atoms with Crippen LogP contribution in [-0.4, -0.2) is 85.0 Å². The van der Waals surface area contributed by atoms with Gasteiger partial charge >= 0.3 is 18.9 Å². The topological polar surface area (TPSA) is 249 Å². The summed E-state index contributed by atoms with van der Waals surface area (Å²) in [6.45, 7) is 3.57. The molecule has 3 aliphatic rings. The van der Waals surface area contributed by atoms with E-state index in [1.807, 2.05) is 30.3 Å². The molecule has 7 rings (SSSR count). The number of rotatable bonds is 17. The van der Waals surface area contributed by atoms with E-state index in [2.05, 4.69) is 10.6 Å². The van der Waals surface area contributed by atoms with Crippen molar-refractivity contribution in [3.05, 3.63) is 105 Å². The number of nitrogens with one attached hydrogen (secondary N) is 2. The molecular weight excluding hydrogens is 894 g/mol. The number of nitrogens with two attached hydrogens (primary N) is 1. The van der Waals surface area contributed by atoms with Gasteiger partial charge in [0.15, 0.2) is 5.78 Å². The molecule has 17 nitrogen and oxygen atoms in total. The van der Waals surface area contributed by atoms with Crippen LogP contribution in [0.4, 0.5) is 14.5 Å². The molecule has 6 N–H and O–H groups in total. The highest BCUT2D eigenvalue weighted by Gasteiger charge is 2.50. The Labute approximate surface area is 383 Å². The number of nitrogens with zero attached hydrogens (tertiary/aromatic N) is 3. The van der Waals surface area contributed by atoms with Crippen LogP contribution in [0.25, 0.3) is 16.6 Å². The zero-order valence-corrected chi connectivity index (χ0v) is 38.1. The molecule has 5 atom stereocenters. The standard InChI is InChI=1S/C47H53F2N6O11P/c1-26(29-10-13-32(14-11-29)47(48,49)67(63,64)65)22-42(59)51-35-16-12-30-7-4-8-31-24-39(55(43(30)31)45(35)61)44(60)52-34(17-20-41(50)58)27(2)66-21-5-6-28-9-18-36-38(23-28)53(3)46(62)54(36)37-19-15-33(56)25-40(37)57/h4,7-11,13-14,18,22-23,27,34-35,37,39H,5-6,12,15-17,19-21,24-25H2,1-3H3,(H2,50,58)(H,51,59)(H,52,60)(H2,63,64,65)/b26-22+/t27-,34+,35+,37?,39+/m1/s1. The van der Waals surface area contributed by atoms with Crippen LogP contribution < -0.4 is 27.0 Å². The molecular formula is C47H53F2N6O11P. The summed E-state index contributed by atoms with van der Waals surface area (Å²) in [7, 11) is -4.14. The van der Waals surface area contributed by atoms with Crippen molar-refractivity contribution >= 4 is 65.1 Å². The molecule has 20 heteroatoms. The van der Waals surface area contributed by atoms with Gasteiger partial charge in [-0.2, -0.15) is 8.78 Å². The summed E-state index contributed by atoms with van der Waals surface area (Å²) in [4.78, 5) is 111. The Morgan fingerprint density at radius 3 is 2.40 bits per heavy atom. The number of ether oxygens (including phenoxy) is 1. The molecule has 356 valence electrons. The zero-order valence-electron chi connectivity index (χ0n) is 37.2. The maximum atomic E-state index is 14.4. The number of alkyl halides is 2. The van der Waals surface area contributed by atoms with Crippen LogP contribution in [0, 0.1) is 0 Å². The van der Waals surface area contributed by atoms with Crippen molar-refractivity contribution in [2.24, 2.45) is 12.8 Å². The third kappa shape index (κ3) is 10.2. The number of para-hydroxylation sites is 1. The van der Waals surface area contributed by atoms with E-state index in [1.165, 1.54) is 39.2 Å². The second kappa shape index (κ2) is 19.6. The molecule has 0 saturated heterocycles. The van der Waals surface area contributed by atoms with Gasteiger partial charge in [0.05, 0.1) is 41.3 Å². The predicted octanol–water partition coefficient (Wildman–Crippen LogP) is 4.01. The van der Waals surface area contributed by atoms with Gasteiger partial charge in [0.1, 0.15) is 17.9 Å². The van der Waals surface area contributed by atoms with Gasteiger partial charge in [0.2, 0.25) is 23.6 Å². The lowest BCUT2D eigenvalue weighted by Crippen LogP contribution is -2.56. The average Bonchev–Trinajstić information content (AvgIpc) is 3.74. The van der Waals surface area contributed by atoms with E-state index in [1.54, 1.807) is 20.0 Å². The van der Waals surface area contributed by atoms with Crippen LogP contribution in [-0.2, 0) is 70.0 Å². The third-order valence-corrected chi connectivity index (χ3v) is 13.9. The number of anilines is 1. The second-order valence-corrected chi connectivity index (χ2v) is 19.2. The molecule has 67 heavy (non-hydrogen) atoms. The normalized spacial score (nSPS) is 19.8. The van der Waals surface area contributed by atoms with Gasteiger partial charge in [0, 0.05) is 44.6 Å². The van der Waals surface area contributed by atoms with Crippen molar-refractivity contribution in [3.63, 3.8) is 0 Å². The number of Topliss-reactive ketones (excluding diaryl/α,β-unsaturated/α-hetero) is 2. The molecule has 1 saturated carbocycles. The van der Waals surface area contributed by atoms with Crippen molar-refractivity contribution in [2.75, 3.05) is 11.5 Å². The minimum absolute atomic E-state index is 0.0530. The molecule has 1 unspecified atom stereocenters. The second-order valence-electron chi connectivity index (χ2n) is 17.5. The van der Waals surface area contributed by atoms with Crippen molar-refractivity contribution in [2.45, 2.75) is 114 Å². The van der Waals surface area contributed by atoms with Crippen molar-refractivity contribution < 1.29 is 56.6 Å². The lowest BCUT2D eigenvalue weighted by atomic mass is 9.92. The van der Waals surface area contributed by atoms with E-state index in [-0.39, 0.29) is 68.8 Å². The summed E-state index contributed by atoms with van der Waals surface area (Å²) in [5.74, 6) is -2.65. The lowest BCUT2D eigenvalue weighted by molar-refractivity contribution is -0.132. The minimum atomic E-state index is -5.78. The molecule has 4 aromatic rings. The number of carbonyl (C=O) groups is 6. The SMILES string of the molecule is C/C(=C\C(=O)N[C@H]1CCc2cccc3c2N(C1=O)[C@H](C(=O)N[C@@H](CCC(N)=O)[C@@H](C)OCCCc1ccc2c(c1)n(C)c(=O)n2C1CCC(=O)CC1=O)C3)c1ccc(C(F)(F)P(=O)(O)O)cc1. The van der Waals surface area contributed by atoms with Crippen LogP contribution in [0.15, 0.2) is 71.5 Å². The number of hydrogen-bond donors (Lipinski definition) is 5. The number of primary amides is 1. The Hall–Kier alpha value is -6.14. The maximum absolute atomic E-state index is 14.4. The fourth-order valence-corrected chi connectivity index (χ4v) is 9.72. The Balaban J connectivity index is 0.999. The molecule has 0 bridgehead atoms. The first-order valence-electron chi connectivity index (χ1n) is 22.1. The lowest BCUT2D eigenvalue weighted by Gasteiger charge is -2.31. The molecule has 0 radical (unpaired) electrons. The molecule has 1 aliphatic carbocycles. The highest BCUT2D eigenvalue weighted by atomic mass is 31.2. The molecule has 0 spiro atoms. The summed E-state index contributed by atoms with van der Waals surface area (Å²) >= 11 is 0. The number of aryl methyl sites for hydroxylation is 3. The number of hydrogen-bond acceptors (Lipinski definition) is 9. The van der Waals surface area contributed by atoms with Crippen LogP contribution in [0.1, 0.15) is 92.7 Å². The summed E-state index contributed by atoms with van der Waals surface area (Å²) in [5.41, 5.74) is 4.90. The fourth-order valence-electron chi connectivity index (χ4n) is 9.23. The van der Waals surface area contributed by atoms with E-state index in [0.717, 1.165) is 28.8 Å². The minimum Gasteiger partial charge on any atom is -0.376 e. The summed E-state index contributed by atoms with van der Waals surface area (Å²) < 4.78 is 48.9. The molecule has 4 amide bonds. The van der Waals surface area contributed by atoms with Gasteiger partial charge < -0.3 is 30.9 Å². The van der Waals surface area contributed by atoms with Crippen LogP contribution in [0.3, 0.4) is 0 Å². The van der Waals surface area contributed by atoms with E-state index in [0.29, 0.717) is 47.1 Å². The van der Waals surface area contributed by atoms with Gasteiger partial charge in [-0.15, -0.1) is 0 Å². The first kappa shape index (κ1) is 48.8. The smallest absolute Gasteiger partial charge is 0.376 e. The molecule has 3 aromatic carbocycles. The molecule has 1 fully saturated rings. The van der Waals surface area contributed by atoms with Gasteiger partial charge in [0.25, 0.3) is 0 Å². The van der Waals surface area contributed by atoms with E-state index in [4.69, 9.17) is 20.3 Å². The van der Waals surface area contributed by atoms with Crippen LogP contribution >= 0.6 is 7.60 Å². The highest BCUT2D eigenvalue weighted by molar-refractivity contribution is 7.52. The maximum Gasteiger partial charge on any atom is 0.399 e. The predicted molar refractivity (Wildman–Crippen MR) is 242 cm³/mol. The van der Waals surface area contributed by atoms with E-state index < -0.39 is 72.7 Å². The first-order valence-corrected chi connectivity index (χ1v) is 23.7. The Bertz CT molecular complexity index is 2780. The summed E-state index contributed by atoms with van der Waals surface area (Å²) in [6.07, 6.45) is 2.95. The van der Waals surface area contributed by atoms with Gasteiger partial charge in [-0.05, 0) is 92.3 Å². The fraction of sp³-hybridized carbons (Fsp3) is 0.426. The van der Waals surface area contributed by atoms with E-state index >= 15 is 0 Å².